The standard InChI is InChI=1S/C18H16FN7O3/c1-3-28-18(27)16-15(22-25-23-16)11-4-5-13(19)12(8-11)17-21-14(29-24-17)9-26-7-6-20-10(26)2/h4-8H,3,9H2,1-2H3,(H,22,23,25). The second-order valence-electron chi connectivity index (χ2n) is 6.05. The van der Waals surface area contributed by atoms with Gasteiger partial charge in [0.25, 0.3) is 0 Å². The van der Waals surface area contributed by atoms with Gasteiger partial charge in [-0.1, -0.05) is 5.16 Å². The molecule has 148 valence electrons. The van der Waals surface area contributed by atoms with E-state index < -0.39 is 11.8 Å². The van der Waals surface area contributed by atoms with Gasteiger partial charge in [-0.05, 0) is 32.0 Å². The van der Waals surface area contributed by atoms with E-state index in [0.717, 1.165) is 5.82 Å². The largest absolute Gasteiger partial charge is 0.461 e. The van der Waals surface area contributed by atoms with E-state index >= 15 is 0 Å². The lowest BCUT2D eigenvalue weighted by Crippen LogP contribution is -2.06. The summed E-state index contributed by atoms with van der Waals surface area (Å²) in [7, 11) is 0. The predicted octanol–water partition coefficient (Wildman–Crippen LogP) is 2.39. The van der Waals surface area contributed by atoms with Gasteiger partial charge in [0.1, 0.15) is 23.9 Å². The Labute approximate surface area is 163 Å². The second kappa shape index (κ2) is 7.62. The molecular formula is C18H16FN7O3. The third kappa shape index (κ3) is 3.61. The normalized spacial score (nSPS) is 11.0. The zero-order valence-corrected chi connectivity index (χ0v) is 15.6. The fourth-order valence-corrected chi connectivity index (χ4v) is 2.76. The predicted molar refractivity (Wildman–Crippen MR) is 97.1 cm³/mol. The summed E-state index contributed by atoms with van der Waals surface area (Å²) in [5.41, 5.74) is 0.809. The van der Waals surface area contributed by atoms with Gasteiger partial charge in [-0.15, -0.1) is 5.10 Å². The van der Waals surface area contributed by atoms with Crippen molar-refractivity contribution in [2.45, 2.75) is 20.4 Å². The molecule has 1 N–H and O–H groups in total. The quantitative estimate of drug-likeness (QED) is 0.492. The van der Waals surface area contributed by atoms with Crippen LogP contribution in [0.2, 0.25) is 0 Å². The van der Waals surface area contributed by atoms with Crippen molar-refractivity contribution < 1.29 is 18.4 Å². The van der Waals surface area contributed by atoms with Crippen molar-refractivity contribution in [2.24, 2.45) is 0 Å². The van der Waals surface area contributed by atoms with Crippen LogP contribution in [0, 0.1) is 12.7 Å². The van der Waals surface area contributed by atoms with Crippen molar-refractivity contribution in [1.82, 2.24) is 35.1 Å². The molecule has 0 fully saturated rings. The summed E-state index contributed by atoms with van der Waals surface area (Å²) in [6.45, 7) is 4.05. The number of ether oxygens (including phenoxy) is 1. The first kappa shape index (κ1) is 18.5. The number of aryl methyl sites for hydroxylation is 1. The van der Waals surface area contributed by atoms with Gasteiger partial charge in [0, 0.05) is 18.0 Å². The molecule has 4 rings (SSSR count). The Morgan fingerprint density at radius 3 is 2.97 bits per heavy atom. The summed E-state index contributed by atoms with van der Waals surface area (Å²) in [5.74, 6) is 0.00840. The van der Waals surface area contributed by atoms with Crippen molar-refractivity contribution in [1.29, 1.82) is 0 Å². The van der Waals surface area contributed by atoms with Crippen molar-refractivity contribution in [2.75, 3.05) is 6.61 Å². The monoisotopic (exact) mass is 397 g/mol. The van der Waals surface area contributed by atoms with Crippen LogP contribution in [0.4, 0.5) is 4.39 Å². The number of H-pyrrole nitrogens is 1. The highest BCUT2D eigenvalue weighted by atomic mass is 19.1. The number of hydrogen-bond donors (Lipinski definition) is 1. The van der Waals surface area contributed by atoms with Crippen molar-refractivity contribution in [3.8, 4) is 22.6 Å². The van der Waals surface area contributed by atoms with Gasteiger partial charge >= 0.3 is 5.97 Å². The molecule has 0 saturated heterocycles. The molecule has 0 radical (unpaired) electrons. The van der Waals surface area contributed by atoms with E-state index in [1.807, 2.05) is 11.5 Å². The molecule has 10 nitrogen and oxygen atoms in total. The molecule has 3 aromatic heterocycles. The molecule has 0 atom stereocenters. The van der Waals surface area contributed by atoms with Crippen LogP contribution in [-0.2, 0) is 11.3 Å². The van der Waals surface area contributed by atoms with Crippen molar-refractivity contribution >= 4 is 5.97 Å². The Morgan fingerprint density at radius 2 is 2.21 bits per heavy atom. The van der Waals surface area contributed by atoms with E-state index in [1.54, 1.807) is 19.3 Å². The maximum atomic E-state index is 14.5. The van der Waals surface area contributed by atoms with Gasteiger partial charge in [0.05, 0.1) is 12.2 Å². The van der Waals surface area contributed by atoms with Crippen LogP contribution in [0.25, 0.3) is 22.6 Å². The van der Waals surface area contributed by atoms with E-state index in [4.69, 9.17) is 9.26 Å². The molecule has 0 spiro atoms. The summed E-state index contributed by atoms with van der Waals surface area (Å²) in [4.78, 5) is 20.4. The van der Waals surface area contributed by atoms with E-state index in [9.17, 15) is 9.18 Å². The van der Waals surface area contributed by atoms with Crippen LogP contribution in [0.3, 0.4) is 0 Å². The van der Waals surface area contributed by atoms with Gasteiger partial charge in [-0.2, -0.15) is 15.3 Å². The third-order valence-corrected chi connectivity index (χ3v) is 4.19. The number of esters is 1. The third-order valence-electron chi connectivity index (χ3n) is 4.19. The number of nitrogens with zero attached hydrogens (tertiary/aromatic N) is 6. The van der Waals surface area contributed by atoms with Crippen LogP contribution >= 0.6 is 0 Å². The van der Waals surface area contributed by atoms with Crippen molar-refractivity contribution in [3.63, 3.8) is 0 Å². The van der Waals surface area contributed by atoms with E-state index in [-0.39, 0.29) is 29.4 Å². The Morgan fingerprint density at radius 1 is 1.34 bits per heavy atom. The number of nitrogens with one attached hydrogen (secondary N) is 1. The number of hydrogen-bond acceptors (Lipinski definition) is 8. The highest BCUT2D eigenvalue weighted by molar-refractivity contribution is 5.94. The zero-order valence-electron chi connectivity index (χ0n) is 15.6. The van der Waals surface area contributed by atoms with Gasteiger partial charge in [-0.3, -0.25) is 0 Å². The first-order valence-corrected chi connectivity index (χ1v) is 8.75. The number of rotatable bonds is 6. The van der Waals surface area contributed by atoms with Crippen LogP contribution in [0.5, 0.6) is 0 Å². The summed E-state index contributed by atoms with van der Waals surface area (Å²) < 4.78 is 26.5. The first-order chi connectivity index (χ1) is 14.1. The fourth-order valence-electron chi connectivity index (χ4n) is 2.76. The minimum absolute atomic E-state index is 0.00814. The lowest BCUT2D eigenvalue weighted by molar-refractivity contribution is 0.0520. The maximum Gasteiger partial charge on any atom is 0.361 e. The van der Waals surface area contributed by atoms with Crippen LogP contribution in [0.1, 0.15) is 29.1 Å². The summed E-state index contributed by atoms with van der Waals surface area (Å²) in [6.07, 6.45) is 3.44. The molecule has 0 unspecified atom stereocenters. The Balaban J connectivity index is 1.66. The van der Waals surface area contributed by atoms with Gasteiger partial charge in [-0.25, -0.2) is 14.2 Å². The molecule has 0 aliphatic carbocycles. The summed E-state index contributed by atoms with van der Waals surface area (Å²) in [5, 5.41) is 14.1. The molecule has 11 heteroatoms. The Bertz CT molecular complexity index is 1160. The van der Waals surface area contributed by atoms with Gasteiger partial charge < -0.3 is 13.8 Å². The highest BCUT2D eigenvalue weighted by Crippen LogP contribution is 2.28. The number of benzene rings is 1. The fraction of sp³-hybridized carbons (Fsp3) is 0.222. The van der Waals surface area contributed by atoms with E-state index in [2.05, 4.69) is 30.5 Å². The summed E-state index contributed by atoms with van der Waals surface area (Å²) in [6, 6.07) is 4.20. The number of halogens is 1. The number of carbonyl (C=O) groups excluding carboxylic acids is 1. The minimum atomic E-state index is -0.625. The molecule has 0 bridgehead atoms. The first-order valence-electron chi connectivity index (χ1n) is 8.75. The van der Waals surface area contributed by atoms with Gasteiger partial charge in [0.15, 0.2) is 5.69 Å². The average molecular weight is 397 g/mol. The molecular weight excluding hydrogens is 381 g/mol. The molecule has 0 amide bonds. The highest BCUT2D eigenvalue weighted by Gasteiger charge is 2.21. The van der Waals surface area contributed by atoms with Crippen LogP contribution in [0.15, 0.2) is 35.1 Å². The number of carbonyl (C=O) groups is 1. The molecule has 0 aliphatic rings. The lowest BCUT2D eigenvalue weighted by Gasteiger charge is -2.04. The number of aromatic amines is 1. The van der Waals surface area contributed by atoms with Crippen molar-refractivity contribution in [3.05, 3.63) is 53.8 Å². The molecule has 4 aromatic rings. The molecule has 29 heavy (non-hydrogen) atoms. The number of aromatic nitrogens is 7. The van der Waals surface area contributed by atoms with E-state index in [0.29, 0.717) is 18.0 Å². The molecule has 1 aromatic carbocycles. The topological polar surface area (TPSA) is 125 Å². The number of imidazole rings is 1. The van der Waals surface area contributed by atoms with Crippen LogP contribution in [-0.4, -0.2) is 47.7 Å². The molecule has 0 saturated carbocycles. The summed E-state index contributed by atoms with van der Waals surface area (Å²) >= 11 is 0. The smallest absolute Gasteiger partial charge is 0.361 e. The Kier molecular flexibility index (Phi) is 4.85. The zero-order chi connectivity index (χ0) is 20.4. The van der Waals surface area contributed by atoms with E-state index in [1.165, 1.54) is 18.2 Å². The molecule has 0 aliphatic heterocycles. The van der Waals surface area contributed by atoms with Gasteiger partial charge in [0.2, 0.25) is 11.7 Å². The maximum absolute atomic E-state index is 14.5. The second-order valence-corrected chi connectivity index (χ2v) is 6.05. The average Bonchev–Trinajstić information content (AvgIpc) is 3.45. The minimum Gasteiger partial charge on any atom is -0.461 e. The van der Waals surface area contributed by atoms with Crippen LogP contribution < -0.4 is 0 Å². The Hall–Kier alpha value is -3.89. The lowest BCUT2D eigenvalue weighted by atomic mass is 10.1. The molecule has 3 heterocycles. The SMILES string of the molecule is CCOC(=O)c1n[nH]nc1-c1ccc(F)c(-c2noc(Cn3ccnc3C)n2)c1.